The average molecular weight is 409 g/mol. The van der Waals surface area contributed by atoms with Crippen LogP contribution in [0.5, 0.6) is 0 Å². The molecule has 1 fully saturated rings. The number of nitrogens with one attached hydrogen (secondary N) is 1. The van der Waals surface area contributed by atoms with Gasteiger partial charge >= 0.3 is 0 Å². The summed E-state index contributed by atoms with van der Waals surface area (Å²) in [5.41, 5.74) is 6.46. The first-order valence-corrected chi connectivity index (χ1v) is 11.0. The van der Waals surface area contributed by atoms with Crippen LogP contribution in [0.25, 0.3) is 17.2 Å². The summed E-state index contributed by atoms with van der Waals surface area (Å²) in [7, 11) is 0. The van der Waals surface area contributed by atoms with Crippen LogP contribution in [-0.2, 0) is 10.2 Å². The number of benzene rings is 3. The van der Waals surface area contributed by atoms with E-state index in [1.807, 2.05) is 6.07 Å². The molecule has 0 radical (unpaired) electrons. The van der Waals surface area contributed by atoms with E-state index in [4.69, 9.17) is 0 Å². The summed E-state index contributed by atoms with van der Waals surface area (Å²) in [5.74, 6) is 0.109. The largest absolute Gasteiger partial charge is 0.344 e. The summed E-state index contributed by atoms with van der Waals surface area (Å²) in [5, 5.41) is 3.36. The van der Waals surface area contributed by atoms with Crippen LogP contribution in [0.1, 0.15) is 37.0 Å². The highest BCUT2D eigenvalue weighted by Gasteiger charge is 2.57. The Morgan fingerprint density at radius 1 is 0.935 bits per heavy atom. The topological polar surface area (TPSA) is 32.3 Å². The molecule has 0 bridgehead atoms. The highest BCUT2D eigenvalue weighted by atomic mass is 16.2. The van der Waals surface area contributed by atoms with Crippen LogP contribution < -0.4 is 10.2 Å². The van der Waals surface area contributed by atoms with Gasteiger partial charge in [0.1, 0.15) is 5.66 Å². The summed E-state index contributed by atoms with van der Waals surface area (Å²) in [6.45, 7) is 7.32. The number of anilines is 1. The zero-order valence-electron chi connectivity index (χ0n) is 18.4. The van der Waals surface area contributed by atoms with Crippen molar-refractivity contribution in [2.24, 2.45) is 0 Å². The van der Waals surface area contributed by atoms with Crippen LogP contribution in [0.15, 0.2) is 78.9 Å². The fourth-order valence-corrected chi connectivity index (χ4v) is 5.10. The molecular weight excluding hydrogens is 380 g/mol. The van der Waals surface area contributed by atoms with Crippen molar-refractivity contribution < 1.29 is 4.79 Å². The van der Waals surface area contributed by atoms with Crippen molar-refractivity contribution >= 4 is 17.7 Å². The van der Waals surface area contributed by atoms with Gasteiger partial charge in [0.15, 0.2) is 0 Å². The van der Waals surface area contributed by atoms with Crippen LogP contribution in [-0.4, -0.2) is 18.1 Å². The van der Waals surface area contributed by atoms with Crippen molar-refractivity contribution in [3.8, 4) is 11.1 Å². The Morgan fingerprint density at radius 3 is 2.39 bits per heavy atom. The molecule has 156 valence electrons. The van der Waals surface area contributed by atoms with Crippen LogP contribution >= 0.6 is 0 Å². The number of aryl methyl sites for hydroxylation is 1. The minimum atomic E-state index is -0.573. The maximum Gasteiger partial charge on any atom is 0.223 e. The maximum atomic E-state index is 12.6. The second-order valence-corrected chi connectivity index (χ2v) is 9.18. The van der Waals surface area contributed by atoms with Crippen LogP contribution in [0.3, 0.4) is 0 Å². The molecule has 3 aromatic rings. The van der Waals surface area contributed by atoms with Gasteiger partial charge in [-0.1, -0.05) is 92.2 Å². The monoisotopic (exact) mass is 408 g/mol. The molecule has 3 nitrogen and oxygen atoms in total. The quantitative estimate of drug-likeness (QED) is 0.604. The number of carbonyl (C=O) groups is 1. The third-order valence-electron chi connectivity index (χ3n) is 6.92. The van der Waals surface area contributed by atoms with Crippen molar-refractivity contribution in [1.82, 2.24) is 5.32 Å². The molecule has 1 amide bonds. The third-order valence-corrected chi connectivity index (χ3v) is 6.92. The van der Waals surface area contributed by atoms with Gasteiger partial charge in [0.2, 0.25) is 5.91 Å². The Labute approximate surface area is 184 Å². The molecule has 0 aromatic heterocycles. The van der Waals surface area contributed by atoms with Crippen molar-refractivity contribution in [3.63, 3.8) is 0 Å². The first kappa shape index (κ1) is 19.6. The highest BCUT2D eigenvalue weighted by molar-refractivity contribution is 5.84. The maximum absolute atomic E-state index is 12.6. The molecule has 1 saturated heterocycles. The first-order valence-electron chi connectivity index (χ1n) is 11.0. The van der Waals surface area contributed by atoms with Crippen LogP contribution in [0, 0.1) is 6.92 Å². The average Bonchev–Trinajstić information content (AvgIpc) is 2.96. The molecule has 0 spiro atoms. The van der Waals surface area contributed by atoms with E-state index in [0.29, 0.717) is 6.42 Å². The van der Waals surface area contributed by atoms with E-state index in [9.17, 15) is 4.79 Å². The van der Waals surface area contributed by atoms with Crippen LogP contribution in [0.2, 0.25) is 0 Å². The lowest BCUT2D eigenvalue weighted by Gasteiger charge is -2.49. The number of rotatable bonds is 3. The molecule has 2 aliphatic heterocycles. The fraction of sp³-hybridized carbons (Fsp3) is 0.250. The number of hydrogen-bond donors (Lipinski definition) is 1. The molecule has 1 unspecified atom stereocenters. The summed E-state index contributed by atoms with van der Waals surface area (Å²) in [6, 6.07) is 25.6. The number of nitrogens with zero attached hydrogens (tertiary/aromatic N) is 1. The van der Waals surface area contributed by atoms with Gasteiger partial charge in [-0.15, -0.1) is 0 Å². The zero-order valence-corrected chi connectivity index (χ0v) is 18.4. The molecule has 0 saturated carbocycles. The normalized spacial score (nSPS) is 21.6. The van der Waals surface area contributed by atoms with E-state index in [1.54, 1.807) is 0 Å². The SMILES string of the molecule is Cc1ccc2c(c1)C(C)(C)C1(/C=C/c3ccc(-c4ccccc4)cc3)NC(=O)CCN21. The zero-order chi connectivity index (χ0) is 21.6. The molecule has 2 aliphatic rings. The van der Waals surface area contributed by atoms with Gasteiger partial charge in [-0.25, -0.2) is 0 Å². The van der Waals surface area contributed by atoms with E-state index < -0.39 is 5.66 Å². The van der Waals surface area contributed by atoms with E-state index in [-0.39, 0.29) is 11.3 Å². The Bertz CT molecular complexity index is 1160. The minimum absolute atomic E-state index is 0.109. The van der Waals surface area contributed by atoms with Gasteiger partial charge in [-0.2, -0.15) is 0 Å². The number of amides is 1. The fourth-order valence-electron chi connectivity index (χ4n) is 5.10. The third kappa shape index (κ3) is 3.07. The predicted molar refractivity (Wildman–Crippen MR) is 128 cm³/mol. The standard InChI is InChI=1S/C28H28N2O/c1-20-9-14-25-24(19-20)27(2,3)28(29-26(31)16-18-30(25)28)17-15-21-10-12-23(13-11-21)22-7-5-4-6-8-22/h4-15,17,19H,16,18H2,1-3H3,(H,29,31)/b17-15+. The van der Waals surface area contributed by atoms with Crippen molar-refractivity contribution in [2.75, 3.05) is 11.4 Å². The van der Waals surface area contributed by atoms with Gasteiger partial charge in [-0.3, -0.25) is 4.79 Å². The molecular formula is C28H28N2O. The van der Waals surface area contributed by atoms with E-state index in [1.165, 1.54) is 27.9 Å². The second kappa shape index (κ2) is 7.12. The summed E-state index contributed by atoms with van der Waals surface area (Å²) in [6.07, 6.45) is 4.86. The lowest BCUT2D eigenvalue weighted by Crippen LogP contribution is -2.68. The van der Waals surface area contributed by atoms with Gasteiger partial charge in [0, 0.05) is 24.1 Å². The summed E-state index contributed by atoms with van der Waals surface area (Å²) in [4.78, 5) is 14.9. The number of carbonyl (C=O) groups excluding carboxylic acids is 1. The van der Waals surface area contributed by atoms with Gasteiger partial charge in [-0.05, 0) is 41.3 Å². The van der Waals surface area contributed by atoms with Crippen LogP contribution in [0.4, 0.5) is 5.69 Å². The Kier molecular flexibility index (Phi) is 4.51. The van der Waals surface area contributed by atoms with E-state index in [2.05, 4.69) is 110 Å². The first-order chi connectivity index (χ1) is 14.9. The number of fused-ring (bicyclic) bond motifs is 3. The van der Waals surface area contributed by atoms with Crippen molar-refractivity contribution in [3.05, 3.63) is 95.6 Å². The van der Waals surface area contributed by atoms with Crippen molar-refractivity contribution in [2.45, 2.75) is 38.3 Å². The molecule has 3 aromatic carbocycles. The van der Waals surface area contributed by atoms with Gasteiger partial charge in [0.05, 0.1) is 0 Å². The summed E-state index contributed by atoms with van der Waals surface area (Å²) < 4.78 is 0. The Hall–Kier alpha value is -3.33. The highest BCUT2D eigenvalue weighted by Crippen LogP contribution is 2.52. The lowest BCUT2D eigenvalue weighted by atomic mass is 9.74. The molecule has 2 heterocycles. The van der Waals surface area contributed by atoms with Crippen molar-refractivity contribution in [1.29, 1.82) is 0 Å². The molecule has 31 heavy (non-hydrogen) atoms. The predicted octanol–water partition coefficient (Wildman–Crippen LogP) is 5.69. The van der Waals surface area contributed by atoms with Gasteiger partial charge in [0.25, 0.3) is 0 Å². The van der Waals surface area contributed by atoms with E-state index in [0.717, 1.165) is 12.1 Å². The van der Waals surface area contributed by atoms with E-state index >= 15 is 0 Å². The van der Waals surface area contributed by atoms with Gasteiger partial charge < -0.3 is 10.2 Å². The molecule has 5 rings (SSSR count). The lowest BCUT2D eigenvalue weighted by molar-refractivity contribution is -0.124. The Morgan fingerprint density at radius 2 is 1.65 bits per heavy atom. The molecule has 0 aliphatic carbocycles. The molecule has 1 N–H and O–H groups in total. The Balaban J connectivity index is 1.53. The molecule has 3 heteroatoms. The smallest absolute Gasteiger partial charge is 0.223 e. The second-order valence-electron chi connectivity index (χ2n) is 9.18. The molecule has 1 atom stereocenters. The summed E-state index contributed by atoms with van der Waals surface area (Å²) >= 11 is 0. The minimum Gasteiger partial charge on any atom is -0.344 e. The number of hydrogen-bond acceptors (Lipinski definition) is 2.